The number of aromatic nitrogens is 1. The van der Waals surface area contributed by atoms with E-state index >= 15 is 0 Å². The lowest BCUT2D eigenvalue weighted by molar-refractivity contribution is 0.792. The molecule has 0 aliphatic carbocycles. The predicted octanol–water partition coefficient (Wildman–Crippen LogP) is 3.07. The highest BCUT2D eigenvalue weighted by Crippen LogP contribution is 2.07. The first kappa shape index (κ1) is 8.98. The molecule has 0 saturated heterocycles. The van der Waals surface area contributed by atoms with E-state index in [1.165, 1.54) is 18.4 Å². The molecule has 0 bridgehead atoms. The van der Waals surface area contributed by atoms with Gasteiger partial charge in [-0.25, -0.2) is 0 Å². The molecule has 1 heterocycles. The molecule has 0 aliphatic rings. The molecule has 1 heteroatoms. The first-order valence-electron chi connectivity index (χ1n) is 4.43. The Hall–Kier alpha value is -1.11. The number of pyridine rings is 1. The third kappa shape index (κ3) is 2.50. The van der Waals surface area contributed by atoms with Crippen LogP contribution in [0.3, 0.4) is 0 Å². The van der Waals surface area contributed by atoms with Crippen LogP contribution in [0.1, 0.15) is 30.9 Å². The molecule has 0 unspecified atom stereocenters. The van der Waals surface area contributed by atoms with Crippen LogP contribution in [0.2, 0.25) is 0 Å². The van der Waals surface area contributed by atoms with Crippen molar-refractivity contribution in [1.29, 1.82) is 0 Å². The van der Waals surface area contributed by atoms with E-state index in [0.717, 1.165) is 12.0 Å². The van der Waals surface area contributed by atoms with Crippen LogP contribution in [0.15, 0.2) is 25.0 Å². The lowest BCUT2D eigenvalue weighted by atomic mass is 10.1. The van der Waals surface area contributed by atoms with Crippen molar-refractivity contribution in [2.45, 2.75) is 26.2 Å². The zero-order chi connectivity index (χ0) is 8.81. The Morgan fingerprint density at radius 2 is 2.33 bits per heavy atom. The van der Waals surface area contributed by atoms with E-state index in [1.54, 1.807) is 0 Å². The van der Waals surface area contributed by atoms with Gasteiger partial charge in [-0.1, -0.05) is 26.0 Å². The summed E-state index contributed by atoms with van der Waals surface area (Å²) >= 11 is 0. The summed E-state index contributed by atoms with van der Waals surface area (Å²) in [5, 5.41) is 0. The van der Waals surface area contributed by atoms with Crippen molar-refractivity contribution in [3.05, 3.63) is 36.2 Å². The second-order valence-corrected chi connectivity index (χ2v) is 2.93. The Balaban J connectivity index is 2.66. The van der Waals surface area contributed by atoms with Crippen molar-refractivity contribution < 1.29 is 0 Å². The SMILES string of the molecule is C=Cc1cncc(CCCC)c1. The maximum Gasteiger partial charge on any atom is 0.0340 e. The molecule has 1 aromatic rings. The normalized spacial score (nSPS) is 9.75. The third-order valence-electron chi connectivity index (χ3n) is 1.87. The number of aryl methyl sites for hydroxylation is 1. The first-order valence-corrected chi connectivity index (χ1v) is 4.43. The average Bonchev–Trinajstić information content (AvgIpc) is 2.15. The Labute approximate surface area is 74.2 Å². The molecule has 0 aromatic carbocycles. The summed E-state index contributed by atoms with van der Waals surface area (Å²) in [5.74, 6) is 0. The zero-order valence-corrected chi connectivity index (χ0v) is 7.59. The van der Waals surface area contributed by atoms with Gasteiger partial charge in [-0.05, 0) is 30.0 Å². The van der Waals surface area contributed by atoms with Crippen LogP contribution in [0.25, 0.3) is 6.08 Å². The van der Waals surface area contributed by atoms with E-state index in [-0.39, 0.29) is 0 Å². The molecule has 1 rings (SSSR count). The van der Waals surface area contributed by atoms with E-state index < -0.39 is 0 Å². The molecule has 0 N–H and O–H groups in total. The average molecular weight is 161 g/mol. The van der Waals surface area contributed by atoms with Gasteiger partial charge in [0.2, 0.25) is 0 Å². The predicted molar refractivity (Wildman–Crippen MR) is 52.9 cm³/mol. The molecular formula is C11H15N. The van der Waals surface area contributed by atoms with Gasteiger partial charge in [0.25, 0.3) is 0 Å². The van der Waals surface area contributed by atoms with Crippen LogP contribution < -0.4 is 0 Å². The van der Waals surface area contributed by atoms with Crippen molar-refractivity contribution in [3.8, 4) is 0 Å². The highest BCUT2D eigenvalue weighted by Gasteiger charge is 1.93. The minimum atomic E-state index is 1.11. The second-order valence-electron chi connectivity index (χ2n) is 2.93. The van der Waals surface area contributed by atoms with E-state index in [0.29, 0.717) is 0 Å². The van der Waals surface area contributed by atoms with Gasteiger partial charge in [0.15, 0.2) is 0 Å². The second kappa shape index (κ2) is 4.70. The van der Waals surface area contributed by atoms with Crippen LogP contribution in [0, 0.1) is 0 Å². The maximum atomic E-state index is 4.14. The van der Waals surface area contributed by atoms with Crippen molar-refractivity contribution in [3.63, 3.8) is 0 Å². The molecule has 0 radical (unpaired) electrons. The minimum absolute atomic E-state index is 1.11. The Kier molecular flexibility index (Phi) is 3.52. The Morgan fingerprint density at radius 1 is 1.50 bits per heavy atom. The van der Waals surface area contributed by atoms with E-state index in [1.807, 2.05) is 18.5 Å². The van der Waals surface area contributed by atoms with Crippen LogP contribution in [0.4, 0.5) is 0 Å². The van der Waals surface area contributed by atoms with E-state index in [9.17, 15) is 0 Å². The molecule has 0 fully saturated rings. The summed E-state index contributed by atoms with van der Waals surface area (Å²) < 4.78 is 0. The summed E-state index contributed by atoms with van der Waals surface area (Å²) in [6.45, 7) is 5.91. The van der Waals surface area contributed by atoms with Crippen LogP contribution in [-0.2, 0) is 6.42 Å². The topological polar surface area (TPSA) is 12.9 Å². The summed E-state index contributed by atoms with van der Waals surface area (Å²) in [4.78, 5) is 4.14. The molecule has 64 valence electrons. The fraction of sp³-hybridized carbons (Fsp3) is 0.364. The lowest BCUT2D eigenvalue weighted by Crippen LogP contribution is -1.87. The first-order chi connectivity index (χ1) is 5.86. The van der Waals surface area contributed by atoms with Gasteiger partial charge in [0.05, 0.1) is 0 Å². The summed E-state index contributed by atoms with van der Waals surface area (Å²) in [6, 6.07) is 2.15. The molecule has 0 atom stereocenters. The highest BCUT2D eigenvalue weighted by atomic mass is 14.6. The van der Waals surface area contributed by atoms with Gasteiger partial charge in [-0.3, -0.25) is 4.98 Å². The molecule has 1 aromatic heterocycles. The van der Waals surface area contributed by atoms with E-state index in [2.05, 4.69) is 24.6 Å². The quantitative estimate of drug-likeness (QED) is 0.661. The van der Waals surface area contributed by atoms with Gasteiger partial charge >= 0.3 is 0 Å². The number of rotatable bonds is 4. The largest absolute Gasteiger partial charge is 0.264 e. The minimum Gasteiger partial charge on any atom is -0.264 e. The highest BCUT2D eigenvalue weighted by molar-refractivity contribution is 5.45. The smallest absolute Gasteiger partial charge is 0.0340 e. The summed E-state index contributed by atoms with van der Waals surface area (Å²) in [5.41, 5.74) is 2.43. The summed E-state index contributed by atoms with van der Waals surface area (Å²) in [6.07, 6.45) is 9.21. The monoisotopic (exact) mass is 161 g/mol. The number of hydrogen-bond donors (Lipinski definition) is 0. The summed E-state index contributed by atoms with van der Waals surface area (Å²) in [7, 11) is 0. The molecule has 0 aliphatic heterocycles. The van der Waals surface area contributed by atoms with Crippen molar-refractivity contribution in [2.24, 2.45) is 0 Å². The number of unbranched alkanes of at least 4 members (excludes halogenated alkanes) is 1. The van der Waals surface area contributed by atoms with Gasteiger partial charge in [0.1, 0.15) is 0 Å². The fourth-order valence-corrected chi connectivity index (χ4v) is 1.14. The molecule has 0 spiro atoms. The van der Waals surface area contributed by atoms with Crippen molar-refractivity contribution in [1.82, 2.24) is 4.98 Å². The number of hydrogen-bond acceptors (Lipinski definition) is 1. The van der Waals surface area contributed by atoms with Gasteiger partial charge in [-0.15, -0.1) is 0 Å². The number of nitrogens with zero attached hydrogens (tertiary/aromatic N) is 1. The van der Waals surface area contributed by atoms with Crippen LogP contribution in [0.5, 0.6) is 0 Å². The molecule has 12 heavy (non-hydrogen) atoms. The van der Waals surface area contributed by atoms with Gasteiger partial charge in [0, 0.05) is 12.4 Å². The molecule has 0 amide bonds. The Morgan fingerprint density at radius 3 is 3.00 bits per heavy atom. The maximum absolute atomic E-state index is 4.14. The standard InChI is InChI=1S/C11H15N/c1-3-5-6-11-7-10(4-2)8-12-9-11/h4,7-9H,2-3,5-6H2,1H3. The van der Waals surface area contributed by atoms with Crippen LogP contribution in [-0.4, -0.2) is 4.98 Å². The molecular weight excluding hydrogens is 146 g/mol. The Bertz CT molecular complexity index is 253. The molecule has 0 saturated carbocycles. The zero-order valence-electron chi connectivity index (χ0n) is 7.59. The fourth-order valence-electron chi connectivity index (χ4n) is 1.14. The molecule has 1 nitrogen and oxygen atoms in total. The van der Waals surface area contributed by atoms with Crippen molar-refractivity contribution >= 4 is 6.08 Å². The third-order valence-corrected chi connectivity index (χ3v) is 1.87. The van der Waals surface area contributed by atoms with Gasteiger partial charge in [-0.2, -0.15) is 0 Å². The van der Waals surface area contributed by atoms with Gasteiger partial charge < -0.3 is 0 Å². The van der Waals surface area contributed by atoms with Crippen LogP contribution >= 0.6 is 0 Å². The van der Waals surface area contributed by atoms with Crippen molar-refractivity contribution in [2.75, 3.05) is 0 Å². The lowest BCUT2D eigenvalue weighted by Gasteiger charge is -1.99. The van der Waals surface area contributed by atoms with E-state index in [4.69, 9.17) is 0 Å².